The minimum atomic E-state index is -0.647. The Bertz CT molecular complexity index is 749. The number of nitrogens with zero attached hydrogens (tertiary/aromatic N) is 1. The lowest BCUT2D eigenvalue weighted by atomic mass is 9.86. The summed E-state index contributed by atoms with van der Waals surface area (Å²) in [5.74, 6) is -1.20. The van der Waals surface area contributed by atoms with Crippen LogP contribution in [0.2, 0.25) is 0 Å². The summed E-state index contributed by atoms with van der Waals surface area (Å²) in [5, 5.41) is 13.7. The number of amides is 1. The van der Waals surface area contributed by atoms with Crippen LogP contribution in [0.15, 0.2) is 47.6 Å². The zero-order valence-electron chi connectivity index (χ0n) is 13.3. The zero-order chi connectivity index (χ0) is 17.0. The Hall–Kier alpha value is -2.69. The largest absolute Gasteiger partial charge is 0.507 e. The van der Waals surface area contributed by atoms with Gasteiger partial charge in [-0.25, -0.2) is 9.82 Å². The third-order valence-corrected chi connectivity index (χ3v) is 3.38. The van der Waals surface area contributed by atoms with Gasteiger partial charge in [-0.05, 0) is 35.2 Å². The van der Waals surface area contributed by atoms with Gasteiger partial charge in [0.1, 0.15) is 11.6 Å². The smallest absolute Gasteiger partial charge is 0.274 e. The Labute approximate surface area is 134 Å². The summed E-state index contributed by atoms with van der Waals surface area (Å²) < 4.78 is 13.5. The number of rotatable bonds is 3. The molecule has 0 aliphatic rings. The van der Waals surface area contributed by atoms with E-state index in [0.717, 1.165) is 5.56 Å². The van der Waals surface area contributed by atoms with Gasteiger partial charge in [-0.2, -0.15) is 5.10 Å². The molecule has 2 N–H and O–H groups in total. The lowest BCUT2D eigenvalue weighted by molar-refractivity contribution is 0.0951. The molecule has 0 bridgehead atoms. The molecule has 120 valence electrons. The molecule has 2 aromatic rings. The van der Waals surface area contributed by atoms with Gasteiger partial charge in [0, 0.05) is 5.56 Å². The van der Waals surface area contributed by atoms with Gasteiger partial charge in [0.05, 0.1) is 11.8 Å². The van der Waals surface area contributed by atoms with Gasteiger partial charge in [-0.3, -0.25) is 4.79 Å². The van der Waals surface area contributed by atoms with Crippen molar-refractivity contribution in [1.82, 2.24) is 5.43 Å². The average molecular weight is 314 g/mol. The predicted molar refractivity (Wildman–Crippen MR) is 88.3 cm³/mol. The predicted octanol–water partition coefficient (Wildman–Crippen LogP) is 3.59. The SMILES string of the molecule is CC(C)(C)c1ccc(O)c(/C=N/NC(=O)c2ccccc2F)c1. The molecule has 0 fully saturated rings. The van der Waals surface area contributed by atoms with Crippen molar-refractivity contribution in [2.75, 3.05) is 0 Å². The normalized spacial score (nSPS) is 11.7. The zero-order valence-corrected chi connectivity index (χ0v) is 13.3. The van der Waals surface area contributed by atoms with Crippen molar-refractivity contribution < 1.29 is 14.3 Å². The molecule has 1 amide bonds. The lowest BCUT2D eigenvalue weighted by Gasteiger charge is -2.19. The number of phenols is 1. The van der Waals surface area contributed by atoms with E-state index in [1.807, 2.05) is 6.07 Å². The van der Waals surface area contributed by atoms with Crippen LogP contribution in [0.1, 0.15) is 42.3 Å². The van der Waals surface area contributed by atoms with Crippen molar-refractivity contribution >= 4 is 12.1 Å². The first-order valence-corrected chi connectivity index (χ1v) is 7.20. The van der Waals surface area contributed by atoms with Crippen LogP contribution in [0.5, 0.6) is 5.75 Å². The monoisotopic (exact) mass is 314 g/mol. The molecule has 0 spiro atoms. The minimum Gasteiger partial charge on any atom is -0.507 e. The summed E-state index contributed by atoms with van der Waals surface area (Å²) in [6.45, 7) is 6.17. The number of nitrogens with one attached hydrogen (secondary N) is 1. The van der Waals surface area contributed by atoms with E-state index in [0.29, 0.717) is 5.56 Å². The van der Waals surface area contributed by atoms with Crippen molar-refractivity contribution in [2.45, 2.75) is 26.2 Å². The number of benzene rings is 2. The Kier molecular flexibility index (Phi) is 4.79. The molecule has 23 heavy (non-hydrogen) atoms. The van der Waals surface area contributed by atoms with Crippen molar-refractivity contribution in [3.8, 4) is 5.75 Å². The fourth-order valence-electron chi connectivity index (χ4n) is 1.99. The van der Waals surface area contributed by atoms with Crippen LogP contribution in [0.3, 0.4) is 0 Å². The number of phenolic OH excluding ortho intramolecular Hbond substituents is 1. The second-order valence-corrected chi connectivity index (χ2v) is 6.20. The summed E-state index contributed by atoms with van der Waals surface area (Å²) in [6, 6.07) is 10.9. The molecule has 0 heterocycles. The van der Waals surface area contributed by atoms with E-state index >= 15 is 0 Å². The molecular weight excluding hydrogens is 295 g/mol. The molecule has 0 atom stereocenters. The maximum absolute atomic E-state index is 13.5. The van der Waals surface area contributed by atoms with E-state index in [1.54, 1.807) is 18.2 Å². The van der Waals surface area contributed by atoms with E-state index in [2.05, 4.69) is 31.3 Å². The first kappa shape index (κ1) is 16.7. The molecule has 0 aliphatic carbocycles. The molecule has 5 heteroatoms. The second kappa shape index (κ2) is 6.60. The standard InChI is InChI=1S/C18H19FN2O2/c1-18(2,3)13-8-9-16(22)12(10-13)11-20-21-17(23)14-6-4-5-7-15(14)19/h4-11,22H,1-3H3,(H,21,23)/b20-11+. The first-order chi connectivity index (χ1) is 10.8. The molecule has 0 saturated carbocycles. The van der Waals surface area contributed by atoms with Crippen LogP contribution < -0.4 is 5.43 Å². The van der Waals surface area contributed by atoms with Crippen LogP contribution in [0.25, 0.3) is 0 Å². The number of carbonyl (C=O) groups is 1. The summed E-state index contributed by atoms with van der Waals surface area (Å²) in [5.41, 5.74) is 3.59. The van der Waals surface area contributed by atoms with Crippen molar-refractivity contribution in [3.05, 3.63) is 65.0 Å². The first-order valence-electron chi connectivity index (χ1n) is 7.20. The van der Waals surface area contributed by atoms with E-state index in [-0.39, 0.29) is 16.7 Å². The van der Waals surface area contributed by atoms with Gasteiger partial charge < -0.3 is 5.11 Å². The van der Waals surface area contributed by atoms with E-state index in [9.17, 15) is 14.3 Å². The topological polar surface area (TPSA) is 61.7 Å². The van der Waals surface area contributed by atoms with Gasteiger partial charge in [-0.1, -0.05) is 39.0 Å². The summed E-state index contributed by atoms with van der Waals surface area (Å²) in [4.78, 5) is 11.8. The van der Waals surface area contributed by atoms with Gasteiger partial charge in [0.2, 0.25) is 0 Å². The lowest BCUT2D eigenvalue weighted by Crippen LogP contribution is -2.19. The Morgan fingerprint density at radius 1 is 1.22 bits per heavy atom. The Balaban J connectivity index is 2.15. The average Bonchev–Trinajstić information content (AvgIpc) is 2.48. The number of carbonyl (C=O) groups excluding carboxylic acids is 1. The molecule has 2 aromatic carbocycles. The van der Waals surface area contributed by atoms with Gasteiger partial charge in [0.25, 0.3) is 5.91 Å². The van der Waals surface area contributed by atoms with E-state index < -0.39 is 11.7 Å². The molecule has 4 nitrogen and oxygen atoms in total. The van der Waals surface area contributed by atoms with E-state index in [1.165, 1.54) is 24.4 Å². The number of aromatic hydroxyl groups is 1. The highest BCUT2D eigenvalue weighted by atomic mass is 19.1. The molecular formula is C18H19FN2O2. The summed E-state index contributed by atoms with van der Waals surface area (Å²) >= 11 is 0. The number of hydrogen-bond acceptors (Lipinski definition) is 3. The maximum atomic E-state index is 13.5. The summed E-state index contributed by atoms with van der Waals surface area (Å²) in [7, 11) is 0. The highest BCUT2D eigenvalue weighted by Gasteiger charge is 2.15. The molecule has 0 radical (unpaired) electrons. The molecule has 0 unspecified atom stereocenters. The third kappa shape index (κ3) is 4.16. The summed E-state index contributed by atoms with van der Waals surface area (Å²) in [6.07, 6.45) is 1.34. The van der Waals surface area contributed by atoms with Crippen molar-refractivity contribution in [1.29, 1.82) is 0 Å². The van der Waals surface area contributed by atoms with Crippen molar-refractivity contribution in [3.63, 3.8) is 0 Å². The van der Waals surface area contributed by atoms with Crippen LogP contribution in [0, 0.1) is 5.82 Å². The van der Waals surface area contributed by atoms with Crippen LogP contribution in [0.4, 0.5) is 4.39 Å². The van der Waals surface area contributed by atoms with E-state index in [4.69, 9.17) is 0 Å². The van der Waals surface area contributed by atoms with Gasteiger partial charge in [0.15, 0.2) is 0 Å². The molecule has 0 saturated heterocycles. The number of halogens is 1. The highest BCUT2D eigenvalue weighted by molar-refractivity contribution is 5.95. The second-order valence-electron chi connectivity index (χ2n) is 6.20. The quantitative estimate of drug-likeness (QED) is 0.672. The van der Waals surface area contributed by atoms with Crippen molar-refractivity contribution in [2.24, 2.45) is 5.10 Å². The van der Waals surface area contributed by atoms with Gasteiger partial charge >= 0.3 is 0 Å². The fraction of sp³-hybridized carbons (Fsp3) is 0.222. The fourth-order valence-corrected chi connectivity index (χ4v) is 1.99. The Morgan fingerprint density at radius 2 is 1.91 bits per heavy atom. The Morgan fingerprint density at radius 3 is 2.57 bits per heavy atom. The highest BCUT2D eigenvalue weighted by Crippen LogP contribution is 2.26. The number of hydrazone groups is 1. The third-order valence-electron chi connectivity index (χ3n) is 3.38. The molecule has 2 rings (SSSR count). The van der Waals surface area contributed by atoms with Crippen LogP contribution in [-0.4, -0.2) is 17.2 Å². The van der Waals surface area contributed by atoms with Gasteiger partial charge in [-0.15, -0.1) is 0 Å². The van der Waals surface area contributed by atoms with Crippen LogP contribution >= 0.6 is 0 Å². The minimum absolute atomic E-state index is 0.0573. The molecule has 0 aromatic heterocycles. The van der Waals surface area contributed by atoms with Crippen LogP contribution in [-0.2, 0) is 5.41 Å². The number of hydrogen-bond donors (Lipinski definition) is 2. The molecule has 0 aliphatic heterocycles. The maximum Gasteiger partial charge on any atom is 0.274 e.